The van der Waals surface area contributed by atoms with E-state index in [1.54, 1.807) is 0 Å². The lowest BCUT2D eigenvalue weighted by molar-refractivity contribution is 0.305. The quantitative estimate of drug-likeness (QED) is 0.552. The lowest BCUT2D eigenvalue weighted by atomic mass is 9.94. The largest absolute Gasteiger partial charge is 0.288 e. The van der Waals surface area contributed by atoms with E-state index in [0.717, 1.165) is 13.0 Å². The van der Waals surface area contributed by atoms with E-state index in [2.05, 4.69) is 30.9 Å². The zero-order chi connectivity index (χ0) is 9.14. The molecule has 0 aromatic rings. The molecule has 0 aromatic carbocycles. The minimum absolute atomic E-state index is 0.00356. The van der Waals surface area contributed by atoms with Crippen molar-refractivity contribution in [1.82, 2.24) is 4.90 Å². The van der Waals surface area contributed by atoms with Crippen LogP contribution in [0, 0.1) is 17.2 Å². The Labute approximate surface area is 74.5 Å². The summed E-state index contributed by atoms with van der Waals surface area (Å²) in [7, 11) is 2.00. The Bertz CT molecular complexity index is 222. The van der Waals surface area contributed by atoms with Crippen LogP contribution in [-0.2, 0) is 0 Å². The first-order valence-electron chi connectivity index (χ1n) is 4.45. The monoisotopic (exact) mass is 164 g/mol. The number of nitrogens with zero attached hydrogens (tertiary/aromatic N) is 2. The van der Waals surface area contributed by atoms with E-state index < -0.39 is 0 Å². The van der Waals surface area contributed by atoms with Crippen LogP contribution in [-0.4, -0.2) is 24.5 Å². The molecule has 66 valence electrons. The van der Waals surface area contributed by atoms with E-state index in [0.29, 0.717) is 5.92 Å². The van der Waals surface area contributed by atoms with Crippen molar-refractivity contribution in [1.29, 1.82) is 5.26 Å². The summed E-state index contributed by atoms with van der Waals surface area (Å²) in [6.07, 6.45) is 3.22. The van der Waals surface area contributed by atoms with Crippen LogP contribution >= 0.6 is 0 Å². The average molecular weight is 164 g/mol. The molecule has 2 nitrogen and oxygen atoms in total. The fraction of sp³-hybridized carbons (Fsp3) is 0.700. The van der Waals surface area contributed by atoms with E-state index in [9.17, 15) is 0 Å². The van der Waals surface area contributed by atoms with Crippen molar-refractivity contribution in [2.24, 2.45) is 5.92 Å². The Hall–Kier alpha value is -0.810. The predicted molar refractivity (Wildman–Crippen MR) is 49.6 cm³/mol. The van der Waals surface area contributed by atoms with Crippen molar-refractivity contribution in [2.75, 3.05) is 13.6 Å². The van der Waals surface area contributed by atoms with Crippen LogP contribution in [0.25, 0.3) is 0 Å². The third-order valence-corrected chi connectivity index (χ3v) is 2.47. The molecule has 0 saturated carbocycles. The van der Waals surface area contributed by atoms with Crippen molar-refractivity contribution >= 4 is 0 Å². The first-order chi connectivity index (χ1) is 5.65. The van der Waals surface area contributed by atoms with Crippen LogP contribution in [0.3, 0.4) is 0 Å². The molecule has 1 unspecified atom stereocenters. The molecule has 1 aliphatic rings. The van der Waals surface area contributed by atoms with Crippen molar-refractivity contribution < 1.29 is 0 Å². The fourth-order valence-corrected chi connectivity index (χ4v) is 1.47. The van der Waals surface area contributed by atoms with Gasteiger partial charge in [0.05, 0.1) is 6.07 Å². The van der Waals surface area contributed by atoms with Crippen molar-refractivity contribution in [3.8, 4) is 6.07 Å². The molecule has 12 heavy (non-hydrogen) atoms. The molecule has 1 atom stereocenters. The molecule has 1 heterocycles. The summed E-state index contributed by atoms with van der Waals surface area (Å²) < 4.78 is 0. The van der Waals surface area contributed by atoms with Gasteiger partial charge in [0.1, 0.15) is 6.04 Å². The molecule has 0 spiro atoms. The maximum atomic E-state index is 8.82. The molecule has 0 aromatic heterocycles. The van der Waals surface area contributed by atoms with Gasteiger partial charge in [-0.25, -0.2) is 0 Å². The molecule has 2 heteroatoms. The Morgan fingerprint density at radius 2 is 2.33 bits per heavy atom. The van der Waals surface area contributed by atoms with Crippen LogP contribution in [0.4, 0.5) is 0 Å². The summed E-state index contributed by atoms with van der Waals surface area (Å²) in [5.74, 6) is 0.592. The maximum Gasteiger partial charge on any atom is 0.116 e. The molecule has 0 N–H and O–H groups in total. The van der Waals surface area contributed by atoms with Crippen LogP contribution in [0.15, 0.2) is 11.6 Å². The van der Waals surface area contributed by atoms with Crippen molar-refractivity contribution in [3.63, 3.8) is 0 Å². The van der Waals surface area contributed by atoms with Gasteiger partial charge in [0.25, 0.3) is 0 Å². The smallest absolute Gasteiger partial charge is 0.116 e. The van der Waals surface area contributed by atoms with E-state index in [-0.39, 0.29) is 6.04 Å². The molecular weight excluding hydrogens is 148 g/mol. The highest BCUT2D eigenvalue weighted by Crippen LogP contribution is 2.20. The van der Waals surface area contributed by atoms with Gasteiger partial charge in [-0.3, -0.25) is 4.90 Å². The van der Waals surface area contributed by atoms with Crippen LogP contribution in [0.1, 0.15) is 20.3 Å². The topological polar surface area (TPSA) is 27.0 Å². The Morgan fingerprint density at radius 1 is 1.67 bits per heavy atom. The molecule has 0 fully saturated rings. The van der Waals surface area contributed by atoms with E-state index in [1.165, 1.54) is 5.57 Å². The second-order valence-electron chi connectivity index (χ2n) is 3.70. The second-order valence-corrected chi connectivity index (χ2v) is 3.70. The van der Waals surface area contributed by atoms with Gasteiger partial charge >= 0.3 is 0 Å². The molecular formula is C10H16N2. The third kappa shape index (κ3) is 1.86. The molecule has 0 radical (unpaired) electrons. The lowest BCUT2D eigenvalue weighted by Gasteiger charge is -2.28. The second kappa shape index (κ2) is 3.73. The third-order valence-electron chi connectivity index (χ3n) is 2.47. The van der Waals surface area contributed by atoms with Gasteiger partial charge in [-0.2, -0.15) is 5.26 Å². The van der Waals surface area contributed by atoms with Crippen LogP contribution < -0.4 is 0 Å². The molecule has 1 rings (SSSR count). The molecule has 0 aliphatic carbocycles. The number of hydrogen-bond acceptors (Lipinski definition) is 2. The van der Waals surface area contributed by atoms with E-state index in [4.69, 9.17) is 5.26 Å². The highest BCUT2D eigenvalue weighted by atomic mass is 15.1. The SMILES string of the molecule is CC(C)C1=CC(C#N)N(C)CC1. The summed E-state index contributed by atoms with van der Waals surface area (Å²) in [6.45, 7) is 5.39. The number of rotatable bonds is 1. The number of likely N-dealkylation sites (N-methyl/N-ethyl adjacent to an activating group) is 1. The zero-order valence-corrected chi connectivity index (χ0v) is 8.04. The molecule has 0 amide bonds. The Balaban J connectivity index is 2.75. The summed E-state index contributed by atoms with van der Waals surface area (Å²) in [6, 6.07) is 2.28. The van der Waals surface area contributed by atoms with Gasteiger partial charge in [-0.05, 0) is 19.4 Å². The minimum Gasteiger partial charge on any atom is -0.288 e. The first kappa shape index (κ1) is 9.28. The Kier molecular flexibility index (Phi) is 2.88. The lowest BCUT2D eigenvalue weighted by Crippen LogP contribution is -2.34. The minimum atomic E-state index is -0.00356. The summed E-state index contributed by atoms with van der Waals surface area (Å²) in [5, 5.41) is 8.82. The van der Waals surface area contributed by atoms with Crippen molar-refractivity contribution in [2.45, 2.75) is 26.3 Å². The first-order valence-corrected chi connectivity index (χ1v) is 4.45. The summed E-state index contributed by atoms with van der Waals surface area (Å²) in [5.41, 5.74) is 1.43. The van der Waals surface area contributed by atoms with E-state index >= 15 is 0 Å². The van der Waals surface area contributed by atoms with Gasteiger partial charge in [0.15, 0.2) is 0 Å². The highest BCUT2D eigenvalue weighted by Gasteiger charge is 2.18. The molecule has 0 saturated heterocycles. The van der Waals surface area contributed by atoms with Crippen LogP contribution in [0.5, 0.6) is 0 Å². The van der Waals surface area contributed by atoms with Gasteiger partial charge in [-0.1, -0.05) is 25.5 Å². The average Bonchev–Trinajstić information content (AvgIpc) is 2.05. The zero-order valence-electron chi connectivity index (χ0n) is 8.04. The summed E-state index contributed by atoms with van der Waals surface area (Å²) in [4.78, 5) is 2.09. The van der Waals surface area contributed by atoms with Crippen molar-refractivity contribution in [3.05, 3.63) is 11.6 Å². The maximum absolute atomic E-state index is 8.82. The fourth-order valence-electron chi connectivity index (χ4n) is 1.47. The standard InChI is InChI=1S/C10H16N2/c1-8(2)9-4-5-12(3)10(6-9)7-11/h6,8,10H,4-5H2,1-3H3. The van der Waals surface area contributed by atoms with Gasteiger partial charge in [-0.15, -0.1) is 0 Å². The van der Waals surface area contributed by atoms with E-state index in [1.807, 2.05) is 7.05 Å². The van der Waals surface area contributed by atoms with Crippen LogP contribution in [0.2, 0.25) is 0 Å². The normalized spacial score (nSPS) is 25.2. The van der Waals surface area contributed by atoms with Gasteiger partial charge in [0.2, 0.25) is 0 Å². The molecule has 1 aliphatic heterocycles. The summed E-state index contributed by atoms with van der Waals surface area (Å²) >= 11 is 0. The number of hydrogen-bond donors (Lipinski definition) is 0. The predicted octanol–water partition coefficient (Wildman–Crippen LogP) is 1.80. The molecule has 0 bridgehead atoms. The van der Waals surface area contributed by atoms with Gasteiger partial charge in [0, 0.05) is 6.54 Å². The van der Waals surface area contributed by atoms with Gasteiger partial charge < -0.3 is 0 Å². The highest BCUT2D eigenvalue weighted by molar-refractivity contribution is 5.19. The Morgan fingerprint density at radius 3 is 2.83 bits per heavy atom. The number of nitriles is 1.